The van der Waals surface area contributed by atoms with E-state index in [2.05, 4.69) is 10.3 Å². The van der Waals surface area contributed by atoms with E-state index >= 15 is 0 Å². The Labute approximate surface area is 139 Å². The summed E-state index contributed by atoms with van der Waals surface area (Å²) in [5.74, 6) is 0.605. The van der Waals surface area contributed by atoms with Gasteiger partial charge in [-0.15, -0.1) is 0 Å². The van der Waals surface area contributed by atoms with Crippen molar-refractivity contribution in [3.8, 4) is 0 Å². The van der Waals surface area contributed by atoms with Gasteiger partial charge in [0.25, 0.3) is 10.0 Å². The quantitative estimate of drug-likeness (QED) is 0.755. The molecule has 0 fully saturated rings. The van der Waals surface area contributed by atoms with Gasteiger partial charge in [-0.25, -0.2) is 22.9 Å². The molecule has 8 heteroatoms. The van der Waals surface area contributed by atoms with Gasteiger partial charge in [0.2, 0.25) is 0 Å². The van der Waals surface area contributed by atoms with Crippen LogP contribution in [0, 0.1) is 6.92 Å². The summed E-state index contributed by atoms with van der Waals surface area (Å²) in [7, 11) is -3.90. The lowest BCUT2D eigenvalue weighted by atomic mass is 10.2. The number of amides is 2. The Morgan fingerprint density at radius 3 is 2.67 bits per heavy atom. The molecule has 3 rings (SSSR count). The topological polar surface area (TPSA) is 92.6 Å². The van der Waals surface area contributed by atoms with Crippen LogP contribution >= 0.6 is 0 Å². The van der Waals surface area contributed by atoms with E-state index < -0.39 is 16.1 Å². The molecule has 24 heavy (non-hydrogen) atoms. The predicted molar refractivity (Wildman–Crippen MR) is 88.9 cm³/mol. The minimum atomic E-state index is -3.90. The number of benzene rings is 1. The van der Waals surface area contributed by atoms with Gasteiger partial charge in [-0.3, -0.25) is 0 Å². The highest BCUT2D eigenvalue weighted by molar-refractivity contribution is 7.90. The van der Waals surface area contributed by atoms with Crippen LogP contribution < -0.4 is 10.0 Å². The third-order valence-corrected chi connectivity index (χ3v) is 4.83. The van der Waals surface area contributed by atoms with Gasteiger partial charge >= 0.3 is 6.03 Å². The van der Waals surface area contributed by atoms with Crippen LogP contribution in [0.25, 0.3) is 5.52 Å². The monoisotopic (exact) mass is 344 g/mol. The van der Waals surface area contributed by atoms with E-state index in [4.69, 9.17) is 0 Å². The van der Waals surface area contributed by atoms with E-state index in [1.54, 1.807) is 18.3 Å². The van der Waals surface area contributed by atoms with Crippen LogP contribution in [-0.4, -0.2) is 23.8 Å². The second kappa shape index (κ2) is 6.32. The van der Waals surface area contributed by atoms with Crippen molar-refractivity contribution in [3.05, 3.63) is 66.2 Å². The van der Waals surface area contributed by atoms with E-state index in [0.29, 0.717) is 5.82 Å². The highest BCUT2D eigenvalue weighted by atomic mass is 32.2. The number of urea groups is 1. The molecule has 1 aromatic carbocycles. The van der Waals surface area contributed by atoms with Crippen LogP contribution in [0.2, 0.25) is 0 Å². The van der Waals surface area contributed by atoms with Crippen molar-refractivity contribution in [2.24, 2.45) is 0 Å². The molecule has 0 aliphatic rings. The molecular weight excluding hydrogens is 328 g/mol. The minimum absolute atomic E-state index is 0.0366. The van der Waals surface area contributed by atoms with Crippen LogP contribution in [0.5, 0.6) is 0 Å². The van der Waals surface area contributed by atoms with Gasteiger partial charge in [0.05, 0.1) is 23.2 Å². The summed E-state index contributed by atoms with van der Waals surface area (Å²) >= 11 is 0. The fourth-order valence-corrected chi connectivity index (χ4v) is 3.15. The number of aryl methyl sites for hydroxylation is 1. The Balaban J connectivity index is 1.66. The highest BCUT2D eigenvalue weighted by Gasteiger charge is 2.17. The zero-order valence-corrected chi connectivity index (χ0v) is 13.7. The SMILES string of the molecule is Cc1ccc(S(=O)(=O)NC(=O)NCc2ncc3ccccn23)cc1. The van der Waals surface area contributed by atoms with Crippen molar-refractivity contribution in [1.82, 2.24) is 19.4 Å². The first-order valence-corrected chi connectivity index (χ1v) is 8.72. The van der Waals surface area contributed by atoms with Crippen LogP contribution in [0.3, 0.4) is 0 Å². The number of imidazole rings is 1. The fraction of sp³-hybridized carbons (Fsp3) is 0.125. The molecule has 0 saturated carbocycles. The second-order valence-electron chi connectivity index (χ2n) is 5.27. The molecule has 3 aromatic rings. The third-order valence-electron chi connectivity index (χ3n) is 3.48. The summed E-state index contributed by atoms with van der Waals surface area (Å²) in [5.41, 5.74) is 1.83. The van der Waals surface area contributed by atoms with E-state index in [0.717, 1.165) is 11.1 Å². The summed E-state index contributed by atoms with van der Waals surface area (Å²) < 4.78 is 28.1. The average molecular weight is 344 g/mol. The molecule has 2 aromatic heterocycles. The molecule has 2 heterocycles. The maximum Gasteiger partial charge on any atom is 0.329 e. The second-order valence-corrected chi connectivity index (χ2v) is 6.95. The smallest absolute Gasteiger partial charge is 0.329 e. The molecule has 0 saturated heterocycles. The number of hydrogen-bond acceptors (Lipinski definition) is 4. The normalized spacial score (nSPS) is 11.4. The molecule has 2 N–H and O–H groups in total. The zero-order chi connectivity index (χ0) is 17.2. The number of hydrogen-bond donors (Lipinski definition) is 2. The highest BCUT2D eigenvalue weighted by Crippen LogP contribution is 2.10. The van der Waals surface area contributed by atoms with Crippen LogP contribution in [-0.2, 0) is 16.6 Å². The maximum atomic E-state index is 12.1. The zero-order valence-electron chi connectivity index (χ0n) is 12.9. The Kier molecular flexibility index (Phi) is 4.22. The fourth-order valence-electron chi connectivity index (χ4n) is 2.22. The molecule has 0 unspecified atom stereocenters. The van der Waals surface area contributed by atoms with Crippen molar-refractivity contribution in [3.63, 3.8) is 0 Å². The molecule has 0 aliphatic carbocycles. The number of aromatic nitrogens is 2. The van der Waals surface area contributed by atoms with Crippen molar-refractivity contribution >= 4 is 21.6 Å². The average Bonchev–Trinajstić information content (AvgIpc) is 2.96. The molecule has 124 valence electrons. The molecule has 2 amide bonds. The van der Waals surface area contributed by atoms with Crippen molar-refractivity contribution < 1.29 is 13.2 Å². The summed E-state index contributed by atoms with van der Waals surface area (Å²) in [4.78, 5) is 16.1. The van der Waals surface area contributed by atoms with Crippen LogP contribution in [0.15, 0.2) is 59.8 Å². The number of sulfonamides is 1. The lowest BCUT2D eigenvalue weighted by Gasteiger charge is -2.08. The molecule has 0 atom stereocenters. The maximum absolute atomic E-state index is 12.1. The first kappa shape index (κ1) is 16.0. The van der Waals surface area contributed by atoms with E-state index in [-0.39, 0.29) is 11.4 Å². The van der Waals surface area contributed by atoms with E-state index in [1.165, 1.54) is 12.1 Å². The predicted octanol–water partition coefficient (Wildman–Crippen LogP) is 1.83. The summed E-state index contributed by atoms with van der Waals surface area (Å²) in [5, 5.41) is 2.50. The largest absolute Gasteiger partial charge is 0.330 e. The molecule has 0 spiro atoms. The molecule has 0 bridgehead atoms. The summed E-state index contributed by atoms with van der Waals surface area (Å²) in [6.07, 6.45) is 3.50. The number of carbonyl (C=O) groups excluding carboxylic acids is 1. The first-order chi connectivity index (χ1) is 11.5. The van der Waals surface area contributed by atoms with Crippen LogP contribution in [0.4, 0.5) is 4.79 Å². The lowest BCUT2D eigenvalue weighted by Crippen LogP contribution is -2.39. The summed E-state index contributed by atoms with van der Waals surface area (Å²) in [6, 6.07) is 11.1. The van der Waals surface area contributed by atoms with E-state index in [9.17, 15) is 13.2 Å². The number of nitrogens with zero attached hydrogens (tertiary/aromatic N) is 2. The number of rotatable bonds is 4. The van der Waals surface area contributed by atoms with Gasteiger partial charge in [-0.1, -0.05) is 23.8 Å². The van der Waals surface area contributed by atoms with Gasteiger partial charge in [-0.2, -0.15) is 0 Å². The number of carbonyl (C=O) groups is 1. The van der Waals surface area contributed by atoms with Gasteiger partial charge in [0.15, 0.2) is 0 Å². The van der Waals surface area contributed by atoms with Crippen LogP contribution in [0.1, 0.15) is 11.4 Å². The van der Waals surface area contributed by atoms with Gasteiger partial charge in [0.1, 0.15) is 5.82 Å². The van der Waals surface area contributed by atoms with Crippen molar-refractivity contribution in [2.45, 2.75) is 18.4 Å². The van der Waals surface area contributed by atoms with Gasteiger partial charge in [0, 0.05) is 6.20 Å². The number of fused-ring (bicyclic) bond motifs is 1. The molecule has 0 aliphatic heterocycles. The first-order valence-electron chi connectivity index (χ1n) is 7.24. The third kappa shape index (κ3) is 3.38. The Hall–Kier alpha value is -2.87. The molecular formula is C16H16N4O3S. The summed E-state index contributed by atoms with van der Waals surface area (Å²) in [6.45, 7) is 1.96. The Morgan fingerprint density at radius 2 is 1.92 bits per heavy atom. The molecule has 7 nitrogen and oxygen atoms in total. The standard InChI is InChI=1S/C16H16N4O3S/c1-12-5-7-14(8-6-12)24(22,23)19-16(21)18-11-15-17-10-13-4-2-3-9-20(13)15/h2-10H,11H2,1H3,(H2,18,19,21). The van der Waals surface area contributed by atoms with Crippen molar-refractivity contribution in [1.29, 1.82) is 0 Å². The lowest BCUT2D eigenvalue weighted by molar-refractivity contribution is 0.245. The Morgan fingerprint density at radius 1 is 1.17 bits per heavy atom. The minimum Gasteiger partial charge on any atom is -0.330 e. The molecule has 0 radical (unpaired) electrons. The van der Waals surface area contributed by atoms with E-state index in [1.807, 2.05) is 40.4 Å². The Bertz CT molecular complexity index is 978. The van der Waals surface area contributed by atoms with Crippen molar-refractivity contribution in [2.75, 3.05) is 0 Å². The van der Waals surface area contributed by atoms with Gasteiger partial charge < -0.3 is 9.72 Å². The number of nitrogens with one attached hydrogen (secondary N) is 2. The number of pyridine rings is 1. The van der Waals surface area contributed by atoms with Gasteiger partial charge in [-0.05, 0) is 31.2 Å².